The molecule has 0 N–H and O–H groups in total. The van der Waals surface area contributed by atoms with Crippen molar-refractivity contribution in [3.8, 4) is 0 Å². The normalized spacial score (nSPS) is 13.8. The van der Waals surface area contributed by atoms with Crippen LogP contribution in [0.4, 0.5) is 0 Å². The number of sulfone groups is 1. The van der Waals surface area contributed by atoms with Gasteiger partial charge in [-0.25, -0.2) is 8.42 Å². The number of alkyl halides is 1. The van der Waals surface area contributed by atoms with Crippen LogP contribution in [-0.4, -0.2) is 19.5 Å². The average molecular weight is 355 g/mol. The molecular formula is C16H19BrO2S. The molecule has 0 saturated heterocycles. The zero-order valence-corrected chi connectivity index (χ0v) is 14.1. The molecule has 1 unspecified atom stereocenters. The second-order valence-electron chi connectivity index (χ2n) is 5.45. The van der Waals surface area contributed by atoms with Gasteiger partial charge >= 0.3 is 0 Å². The van der Waals surface area contributed by atoms with Crippen LogP contribution in [0.15, 0.2) is 47.4 Å². The van der Waals surface area contributed by atoms with Gasteiger partial charge in [0, 0.05) is 5.33 Å². The topological polar surface area (TPSA) is 34.1 Å². The maximum Gasteiger partial charge on any atom is 0.178 e. The molecule has 0 saturated carbocycles. The maximum atomic E-state index is 12.5. The minimum Gasteiger partial charge on any atom is -0.224 e. The van der Waals surface area contributed by atoms with Crippen LogP contribution in [0.5, 0.6) is 0 Å². The van der Waals surface area contributed by atoms with Gasteiger partial charge in [-0.15, -0.1) is 0 Å². The SMILES string of the molecule is CC(C)C(CBr)CS(=O)(=O)c1ccc2ccccc2c1. The molecule has 0 aliphatic rings. The highest BCUT2D eigenvalue weighted by Crippen LogP contribution is 2.24. The first-order valence-corrected chi connectivity index (χ1v) is 9.49. The van der Waals surface area contributed by atoms with Gasteiger partial charge < -0.3 is 0 Å². The summed E-state index contributed by atoms with van der Waals surface area (Å²) < 4.78 is 25.1. The van der Waals surface area contributed by atoms with Crippen LogP contribution in [0.1, 0.15) is 13.8 Å². The summed E-state index contributed by atoms with van der Waals surface area (Å²) >= 11 is 3.42. The molecule has 1 atom stereocenters. The largest absolute Gasteiger partial charge is 0.224 e. The van der Waals surface area contributed by atoms with E-state index in [9.17, 15) is 8.42 Å². The van der Waals surface area contributed by atoms with E-state index >= 15 is 0 Å². The number of halogens is 1. The molecule has 20 heavy (non-hydrogen) atoms. The second-order valence-corrected chi connectivity index (χ2v) is 8.13. The van der Waals surface area contributed by atoms with Gasteiger partial charge in [0.25, 0.3) is 0 Å². The molecule has 0 aliphatic carbocycles. The lowest BCUT2D eigenvalue weighted by molar-refractivity contribution is 0.462. The Balaban J connectivity index is 2.36. The molecule has 0 aromatic heterocycles. The van der Waals surface area contributed by atoms with Crippen molar-refractivity contribution >= 4 is 36.5 Å². The lowest BCUT2D eigenvalue weighted by Gasteiger charge is -2.18. The number of rotatable bonds is 5. The van der Waals surface area contributed by atoms with E-state index in [2.05, 4.69) is 29.8 Å². The van der Waals surface area contributed by atoms with Crippen molar-refractivity contribution in [2.24, 2.45) is 11.8 Å². The fourth-order valence-corrected chi connectivity index (χ4v) is 5.27. The summed E-state index contributed by atoms with van der Waals surface area (Å²) in [6, 6.07) is 13.2. The molecule has 0 heterocycles. The van der Waals surface area contributed by atoms with E-state index in [0.29, 0.717) is 16.1 Å². The molecule has 0 spiro atoms. The van der Waals surface area contributed by atoms with Crippen LogP contribution in [0.25, 0.3) is 10.8 Å². The Labute approximate surface area is 129 Å². The highest BCUT2D eigenvalue weighted by molar-refractivity contribution is 9.09. The van der Waals surface area contributed by atoms with Crippen LogP contribution in [-0.2, 0) is 9.84 Å². The van der Waals surface area contributed by atoms with Crippen LogP contribution in [0.2, 0.25) is 0 Å². The Hall–Kier alpha value is -0.870. The predicted octanol–water partition coefficient (Wildman–Crippen LogP) is 4.28. The number of fused-ring (bicyclic) bond motifs is 1. The first-order chi connectivity index (χ1) is 9.44. The number of hydrogen-bond acceptors (Lipinski definition) is 2. The van der Waals surface area contributed by atoms with E-state index in [1.54, 1.807) is 12.1 Å². The van der Waals surface area contributed by atoms with Crippen LogP contribution >= 0.6 is 15.9 Å². The first kappa shape index (κ1) is 15.5. The molecule has 0 radical (unpaired) electrons. The predicted molar refractivity (Wildman–Crippen MR) is 88.1 cm³/mol. The summed E-state index contributed by atoms with van der Waals surface area (Å²) in [6.07, 6.45) is 0. The summed E-state index contributed by atoms with van der Waals surface area (Å²) in [4.78, 5) is 0.419. The Morgan fingerprint density at radius 1 is 1.05 bits per heavy atom. The van der Waals surface area contributed by atoms with Gasteiger partial charge in [0.2, 0.25) is 0 Å². The lowest BCUT2D eigenvalue weighted by Crippen LogP contribution is -2.22. The molecule has 2 aromatic carbocycles. The maximum absolute atomic E-state index is 12.5. The van der Waals surface area contributed by atoms with Gasteiger partial charge in [-0.2, -0.15) is 0 Å². The third-order valence-corrected chi connectivity index (χ3v) is 6.33. The minimum atomic E-state index is -3.24. The van der Waals surface area contributed by atoms with Gasteiger partial charge in [-0.3, -0.25) is 0 Å². The minimum absolute atomic E-state index is 0.131. The molecular weight excluding hydrogens is 336 g/mol. The molecule has 4 heteroatoms. The van der Waals surface area contributed by atoms with Gasteiger partial charge in [-0.05, 0) is 34.7 Å². The highest BCUT2D eigenvalue weighted by atomic mass is 79.9. The van der Waals surface area contributed by atoms with Crippen molar-refractivity contribution in [1.82, 2.24) is 0 Å². The van der Waals surface area contributed by atoms with E-state index in [1.165, 1.54) is 0 Å². The second kappa shape index (κ2) is 6.27. The number of benzene rings is 2. The summed E-state index contributed by atoms with van der Waals surface area (Å²) in [7, 11) is -3.24. The standard InChI is InChI=1S/C16H19BrO2S/c1-12(2)15(10-17)11-20(18,19)16-8-7-13-5-3-4-6-14(13)9-16/h3-9,12,15H,10-11H2,1-2H3. The van der Waals surface area contributed by atoms with Gasteiger partial charge in [-0.1, -0.05) is 60.1 Å². The highest BCUT2D eigenvalue weighted by Gasteiger charge is 2.23. The van der Waals surface area contributed by atoms with Crippen molar-refractivity contribution in [2.75, 3.05) is 11.1 Å². The number of hydrogen-bond donors (Lipinski definition) is 0. The smallest absolute Gasteiger partial charge is 0.178 e. The Morgan fingerprint density at radius 2 is 1.70 bits per heavy atom. The molecule has 0 fully saturated rings. The molecule has 2 rings (SSSR count). The van der Waals surface area contributed by atoms with Gasteiger partial charge in [0.1, 0.15) is 0 Å². The molecule has 108 valence electrons. The van der Waals surface area contributed by atoms with Crippen molar-refractivity contribution in [1.29, 1.82) is 0 Å². The quantitative estimate of drug-likeness (QED) is 0.750. The van der Waals surface area contributed by atoms with Crippen molar-refractivity contribution in [2.45, 2.75) is 18.7 Å². The Morgan fingerprint density at radius 3 is 2.30 bits per heavy atom. The van der Waals surface area contributed by atoms with Crippen molar-refractivity contribution in [3.63, 3.8) is 0 Å². The van der Waals surface area contributed by atoms with Crippen molar-refractivity contribution < 1.29 is 8.42 Å². The fourth-order valence-electron chi connectivity index (χ4n) is 2.15. The summed E-state index contributed by atoms with van der Waals surface area (Å²) in [6.45, 7) is 4.11. The molecule has 0 aliphatic heterocycles. The summed E-state index contributed by atoms with van der Waals surface area (Å²) in [5, 5.41) is 2.73. The average Bonchev–Trinajstić information content (AvgIpc) is 2.44. The summed E-state index contributed by atoms with van der Waals surface area (Å²) in [5.41, 5.74) is 0. The van der Waals surface area contributed by atoms with Gasteiger partial charge in [0.15, 0.2) is 9.84 Å². The fraction of sp³-hybridized carbons (Fsp3) is 0.375. The van der Waals surface area contributed by atoms with E-state index in [0.717, 1.165) is 10.8 Å². The third-order valence-electron chi connectivity index (χ3n) is 3.65. The van der Waals surface area contributed by atoms with E-state index in [4.69, 9.17) is 0 Å². The summed E-state index contributed by atoms with van der Waals surface area (Å²) in [5.74, 6) is 0.657. The third kappa shape index (κ3) is 3.41. The van der Waals surface area contributed by atoms with E-state index in [-0.39, 0.29) is 11.7 Å². The molecule has 2 aromatic rings. The Bertz CT molecular complexity index is 692. The monoisotopic (exact) mass is 354 g/mol. The van der Waals surface area contributed by atoms with Crippen LogP contribution < -0.4 is 0 Å². The zero-order chi connectivity index (χ0) is 14.8. The molecule has 2 nitrogen and oxygen atoms in total. The van der Waals surface area contributed by atoms with Crippen molar-refractivity contribution in [3.05, 3.63) is 42.5 Å². The molecule has 0 bridgehead atoms. The van der Waals surface area contributed by atoms with E-state index in [1.807, 2.05) is 30.3 Å². The van der Waals surface area contributed by atoms with Crippen LogP contribution in [0, 0.1) is 11.8 Å². The van der Waals surface area contributed by atoms with E-state index < -0.39 is 9.84 Å². The van der Waals surface area contributed by atoms with Crippen LogP contribution in [0.3, 0.4) is 0 Å². The van der Waals surface area contributed by atoms with Gasteiger partial charge in [0.05, 0.1) is 10.6 Å². The lowest BCUT2D eigenvalue weighted by atomic mass is 10.0. The zero-order valence-electron chi connectivity index (χ0n) is 11.7. The Kier molecular flexibility index (Phi) is 4.86. The first-order valence-electron chi connectivity index (χ1n) is 6.71. The molecule has 0 amide bonds.